The molecule has 7 rings (SSSR count). The average Bonchev–Trinajstić information content (AvgIpc) is 3.27. The number of aryl methyl sites for hydroxylation is 1. The van der Waals surface area contributed by atoms with E-state index in [4.69, 9.17) is 0 Å². The summed E-state index contributed by atoms with van der Waals surface area (Å²) in [7, 11) is 2.19. The minimum Gasteiger partial charge on any atom is -0.344 e. The highest BCUT2D eigenvalue weighted by molar-refractivity contribution is 6.14. The lowest BCUT2D eigenvalue weighted by molar-refractivity contribution is 1.01. The Morgan fingerprint density at radius 2 is 0.605 bits per heavy atom. The number of hydrogen-bond donors (Lipinski definition) is 0. The Hall–Kier alpha value is -4.88. The van der Waals surface area contributed by atoms with E-state index in [1.54, 1.807) is 0 Å². The van der Waals surface area contributed by atoms with Gasteiger partial charge in [-0.3, -0.25) is 0 Å². The average molecular weight is 486 g/mol. The van der Waals surface area contributed by atoms with Crippen molar-refractivity contribution >= 4 is 21.8 Å². The van der Waals surface area contributed by atoms with Gasteiger partial charge in [-0.05, 0) is 68.8 Å². The molecule has 1 aromatic heterocycles. The van der Waals surface area contributed by atoms with Crippen molar-refractivity contribution in [2.45, 2.75) is 0 Å². The molecule has 0 bridgehead atoms. The topological polar surface area (TPSA) is 4.93 Å². The second-order valence-corrected chi connectivity index (χ2v) is 9.85. The molecule has 0 fully saturated rings. The Labute approximate surface area is 223 Å². The molecule has 6 aromatic carbocycles. The Bertz CT molecular complexity index is 1740. The summed E-state index contributed by atoms with van der Waals surface area (Å²) < 4.78 is 2.35. The third-order valence-electron chi connectivity index (χ3n) is 7.62. The van der Waals surface area contributed by atoms with E-state index in [1.807, 2.05) is 0 Å². The molecule has 0 amide bonds. The van der Waals surface area contributed by atoms with Crippen molar-refractivity contribution in [3.63, 3.8) is 0 Å². The molecule has 1 heterocycles. The maximum absolute atomic E-state index is 2.40. The molecule has 0 aliphatic carbocycles. The molecule has 7 aromatic rings. The Kier molecular flexibility index (Phi) is 5.41. The maximum atomic E-state index is 2.40. The lowest BCUT2D eigenvalue weighted by Gasteiger charge is -2.12. The van der Waals surface area contributed by atoms with Crippen LogP contribution in [-0.2, 0) is 7.05 Å². The number of nitrogens with zero attached hydrogens (tertiary/aromatic N) is 1. The van der Waals surface area contributed by atoms with Gasteiger partial charge in [0.1, 0.15) is 0 Å². The number of benzene rings is 6. The summed E-state index contributed by atoms with van der Waals surface area (Å²) in [6, 6.07) is 52.5. The maximum Gasteiger partial charge on any atom is 0.0495 e. The Morgan fingerprint density at radius 3 is 0.895 bits per heavy atom. The summed E-state index contributed by atoms with van der Waals surface area (Å²) >= 11 is 0. The summed E-state index contributed by atoms with van der Waals surface area (Å²) in [4.78, 5) is 0. The van der Waals surface area contributed by atoms with Gasteiger partial charge in [0, 0.05) is 28.9 Å². The zero-order chi connectivity index (χ0) is 25.5. The van der Waals surface area contributed by atoms with Crippen LogP contribution >= 0.6 is 0 Å². The van der Waals surface area contributed by atoms with Gasteiger partial charge in [0.15, 0.2) is 0 Å². The van der Waals surface area contributed by atoms with Crippen LogP contribution in [0.1, 0.15) is 0 Å². The normalized spacial score (nSPS) is 11.3. The fourth-order valence-electron chi connectivity index (χ4n) is 5.72. The molecule has 180 valence electrons. The first-order valence-electron chi connectivity index (χ1n) is 13.1. The molecule has 0 saturated carbocycles. The van der Waals surface area contributed by atoms with E-state index >= 15 is 0 Å². The molecule has 0 spiro atoms. The van der Waals surface area contributed by atoms with E-state index in [-0.39, 0.29) is 0 Å². The molecule has 0 aliphatic heterocycles. The van der Waals surface area contributed by atoms with Gasteiger partial charge < -0.3 is 4.57 Å². The molecule has 0 unspecified atom stereocenters. The highest BCUT2D eigenvalue weighted by Crippen LogP contribution is 2.42. The number of hydrogen-bond acceptors (Lipinski definition) is 0. The zero-order valence-electron chi connectivity index (χ0n) is 21.3. The minimum atomic E-state index is 1.23. The van der Waals surface area contributed by atoms with Gasteiger partial charge in [0.2, 0.25) is 0 Å². The predicted molar refractivity (Wildman–Crippen MR) is 162 cm³/mol. The number of rotatable bonds is 4. The second kappa shape index (κ2) is 9.21. The van der Waals surface area contributed by atoms with Crippen molar-refractivity contribution < 1.29 is 0 Å². The van der Waals surface area contributed by atoms with Gasteiger partial charge in [0.25, 0.3) is 0 Å². The standard InChI is InChI=1S/C37H27N/c1-38-36-24-32(28-18-10-4-11-19-28)30(26-14-6-2-7-15-26)22-34(36)35-23-31(27-16-8-3-9-17-27)33(25-37(35)38)29-20-12-5-13-21-29/h2-25H,1H3. The monoisotopic (exact) mass is 485 g/mol. The van der Waals surface area contributed by atoms with Crippen LogP contribution in [0.3, 0.4) is 0 Å². The number of aromatic nitrogens is 1. The molecule has 38 heavy (non-hydrogen) atoms. The van der Waals surface area contributed by atoms with Crippen molar-refractivity contribution in [3.8, 4) is 44.5 Å². The highest BCUT2D eigenvalue weighted by Gasteiger charge is 2.18. The summed E-state index contributed by atoms with van der Waals surface area (Å²) in [6.07, 6.45) is 0. The van der Waals surface area contributed by atoms with E-state index in [2.05, 4.69) is 157 Å². The molecule has 1 nitrogen and oxygen atoms in total. The highest BCUT2D eigenvalue weighted by atomic mass is 14.9. The van der Waals surface area contributed by atoms with Crippen LogP contribution in [-0.4, -0.2) is 4.57 Å². The predicted octanol–water partition coefficient (Wildman–Crippen LogP) is 10.00. The molecule has 0 radical (unpaired) electrons. The molecule has 0 N–H and O–H groups in total. The van der Waals surface area contributed by atoms with E-state index in [0.29, 0.717) is 0 Å². The van der Waals surface area contributed by atoms with Crippen LogP contribution in [0, 0.1) is 0 Å². The van der Waals surface area contributed by atoms with E-state index in [0.717, 1.165) is 0 Å². The first kappa shape index (κ1) is 22.3. The molecular weight excluding hydrogens is 458 g/mol. The van der Waals surface area contributed by atoms with E-state index < -0.39 is 0 Å². The largest absolute Gasteiger partial charge is 0.344 e. The Morgan fingerprint density at radius 1 is 0.342 bits per heavy atom. The smallest absolute Gasteiger partial charge is 0.0495 e. The van der Waals surface area contributed by atoms with Gasteiger partial charge in [-0.1, -0.05) is 121 Å². The summed E-state index contributed by atoms with van der Waals surface area (Å²) in [5.41, 5.74) is 12.4. The van der Waals surface area contributed by atoms with Gasteiger partial charge >= 0.3 is 0 Å². The van der Waals surface area contributed by atoms with Crippen LogP contribution in [0.2, 0.25) is 0 Å². The molecule has 0 aliphatic rings. The summed E-state index contributed by atoms with van der Waals surface area (Å²) in [5.74, 6) is 0. The zero-order valence-corrected chi connectivity index (χ0v) is 21.3. The Balaban J connectivity index is 1.58. The van der Waals surface area contributed by atoms with Gasteiger partial charge in [0.05, 0.1) is 0 Å². The van der Waals surface area contributed by atoms with Gasteiger partial charge in [-0.15, -0.1) is 0 Å². The molecule has 0 atom stereocenters. The van der Waals surface area contributed by atoms with E-state index in [1.165, 1.54) is 66.3 Å². The van der Waals surface area contributed by atoms with Crippen molar-refractivity contribution in [1.29, 1.82) is 0 Å². The lowest BCUT2D eigenvalue weighted by Crippen LogP contribution is -1.91. The molecule has 0 saturated heterocycles. The van der Waals surface area contributed by atoms with Crippen molar-refractivity contribution in [1.82, 2.24) is 4.57 Å². The van der Waals surface area contributed by atoms with Crippen LogP contribution in [0.25, 0.3) is 66.3 Å². The first-order chi connectivity index (χ1) is 18.8. The SMILES string of the molecule is Cn1c2cc(-c3ccccc3)c(-c3ccccc3)cc2c2cc(-c3ccccc3)c(-c3ccccc3)cc21. The fraction of sp³-hybridized carbons (Fsp3) is 0.0270. The van der Waals surface area contributed by atoms with Gasteiger partial charge in [-0.2, -0.15) is 0 Å². The third kappa shape index (κ3) is 3.72. The summed E-state index contributed by atoms with van der Waals surface area (Å²) in [6.45, 7) is 0. The van der Waals surface area contributed by atoms with E-state index in [9.17, 15) is 0 Å². The van der Waals surface area contributed by atoms with Crippen LogP contribution in [0.5, 0.6) is 0 Å². The van der Waals surface area contributed by atoms with Crippen LogP contribution in [0.4, 0.5) is 0 Å². The van der Waals surface area contributed by atoms with Crippen molar-refractivity contribution in [2.24, 2.45) is 7.05 Å². The van der Waals surface area contributed by atoms with Gasteiger partial charge in [-0.25, -0.2) is 0 Å². The molecule has 1 heteroatoms. The third-order valence-corrected chi connectivity index (χ3v) is 7.62. The van der Waals surface area contributed by atoms with Crippen molar-refractivity contribution in [2.75, 3.05) is 0 Å². The summed E-state index contributed by atoms with van der Waals surface area (Å²) in [5, 5.41) is 2.55. The number of fused-ring (bicyclic) bond motifs is 3. The minimum absolute atomic E-state index is 1.23. The molecular formula is C37H27N. The lowest BCUT2D eigenvalue weighted by atomic mass is 9.91. The van der Waals surface area contributed by atoms with Crippen LogP contribution < -0.4 is 0 Å². The quantitative estimate of drug-likeness (QED) is 0.234. The second-order valence-electron chi connectivity index (χ2n) is 9.85. The van der Waals surface area contributed by atoms with Crippen molar-refractivity contribution in [3.05, 3.63) is 146 Å². The first-order valence-corrected chi connectivity index (χ1v) is 13.1. The van der Waals surface area contributed by atoms with Crippen LogP contribution in [0.15, 0.2) is 146 Å². The fourth-order valence-corrected chi connectivity index (χ4v) is 5.72.